The molecule has 1 fully saturated rings. The highest BCUT2D eigenvalue weighted by Gasteiger charge is 2.27. The number of H-pyrrole nitrogens is 1. The summed E-state index contributed by atoms with van der Waals surface area (Å²) in [6.45, 7) is 5.33. The Labute approximate surface area is 137 Å². The largest absolute Gasteiger partial charge is 0.345 e. The van der Waals surface area contributed by atoms with E-state index in [0.717, 1.165) is 31.6 Å². The zero-order chi connectivity index (χ0) is 16.8. The monoisotopic (exact) mass is 318 g/mol. The van der Waals surface area contributed by atoms with Crippen LogP contribution in [0.4, 0.5) is 0 Å². The van der Waals surface area contributed by atoms with Crippen LogP contribution in [0.1, 0.15) is 38.8 Å². The molecule has 0 saturated carbocycles. The van der Waals surface area contributed by atoms with E-state index < -0.39 is 6.04 Å². The molecule has 0 aromatic carbocycles. The number of hydrogen-bond acceptors (Lipinski definition) is 4. The highest BCUT2D eigenvalue weighted by atomic mass is 16.2. The Balaban J connectivity index is 1.77. The summed E-state index contributed by atoms with van der Waals surface area (Å²) in [6, 6.07) is -0.432. The summed E-state index contributed by atoms with van der Waals surface area (Å²) in [5, 5.41) is 0. The Kier molecular flexibility index (Phi) is 6.10. The van der Waals surface area contributed by atoms with Crippen LogP contribution in [0.15, 0.2) is 18.6 Å². The summed E-state index contributed by atoms with van der Waals surface area (Å²) < 4.78 is 0. The average Bonchev–Trinajstić information content (AvgIpc) is 3.05. The molecule has 2 atom stereocenters. The van der Waals surface area contributed by atoms with Gasteiger partial charge in [0.25, 0.3) is 0 Å². The fourth-order valence-corrected chi connectivity index (χ4v) is 3.07. The molecule has 1 aromatic heterocycles. The highest BCUT2D eigenvalue weighted by Crippen LogP contribution is 2.27. The quantitative estimate of drug-likeness (QED) is 0.779. The lowest BCUT2D eigenvalue weighted by molar-refractivity contribution is -0.134. The van der Waals surface area contributed by atoms with Crippen molar-refractivity contribution in [2.75, 3.05) is 13.1 Å². The number of nitrogens with two attached hydrogens (primary N) is 1. The standard InChI is InChI=1S/C17H26N4O2/c1-12(9-16(22)4-3-15-10-19-11-20-15)14-5-7-21(8-6-14)17(23)13(2)18/h3-4,10-14H,5-9,18H2,1-2H3,(H,19,20)/b4-3+/t12?,13-/m0/s1. The lowest BCUT2D eigenvalue weighted by Crippen LogP contribution is -2.46. The van der Waals surface area contributed by atoms with E-state index in [-0.39, 0.29) is 11.7 Å². The lowest BCUT2D eigenvalue weighted by atomic mass is 9.82. The summed E-state index contributed by atoms with van der Waals surface area (Å²) in [5.41, 5.74) is 6.48. The zero-order valence-corrected chi connectivity index (χ0v) is 13.9. The van der Waals surface area contributed by atoms with E-state index in [1.54, 1.807) is 31.6 Å². The summed E-state index contributed by atoms with van der Waals surface area (Å²) in [7, 11) is 0. The van der Waals surface area contributed by atoms with Crippen molar-refractivity contribution in [3.05, 3.63) is 24.3 Å². The van der Waals surface area contributed by atoms with Gasteiger partial charge in [0, 0.05) is 19.5 Å². The molecule has 23 heavy (non-hydrogen) atoms. The van der Waals surface area contributed by atoms with Crippen LogP contribution in [0.2, 0.25) is 0 Å². The van der Waals surface area contributed by atoms with E-state index in [0.29, 0.717) is 18.3 Å². The number of piperidine rings is 1. The molecule has 1 aliphatic heterocycles. The fraction of sp³-hybridized carbons (Fsp3) is 0.588. The number of allylic oxidation sites excluding steroid dienone is 1. The van der Waals surface area contributed by atoms with Crippen molar-refractivity contribution in [2.24, 2.45) is 17.6 Å². The third kappa shape index (κ3) is 5.03. The van der Waals surface area contributed by atoms with Crippen LogP contribution in [-0.2, 0) is 9.59 Å². The van der Waals surface area contributed by atoms with E-state index in [9.17, 15) is 9.59 Å². The van der Waals surface area contributed by atoms with Gasteiger partial charge in [0.1, 0.15) is 0 Å². The molecule has 1 amide bonds. The maximum Gasteiger partial charge on any atom is 0.239 e. The van der Waals surface area contributed by atoms with Crippen molar-refractivity contribution in [2.45, 2.75) is 39.2 Å². The Bertz CT molecular complexity index is 543. The summed E-state index contributed by atoms with van der Waals surface area (Å²) in [4.78, 5) is 32.6. The molecule has 0 radical (unpaired) electrons. The number of aromatic nitrogens is 2. The molecule has 1 aromatic rings. The summed E-state index contributed by atoms with van der Waals surface area (Å²) in [5.74, 6) is 0.953. The van der Waals surface area contributed by atoms with Gasteiger partial charge in [0.05, 0.1) is 24.3 Å². The molecule has 0 spiro atoms. The molecule has 2 heterocycles. The Morgan fingerprint density at radius 3 is 2.70 bits per heavy atom. The van der Waals surface area contributed by atoms with Gasteiger partial charge >= 0.3 is 0 Å². The minimum absolute atomic E-state index is 0.0228. The second-order valence-electron chi connectivity index (χ2n) is 6.44. The van der Waals surface area contributed by atoms with Gasteiger partial charge in [-0.1, -0.05) is 6.92 Å². The van der Waals surface area contributed by atoms with Crippen molar-refractivity contribution in [3.8, 4) is 0 Å². The predicted octanol–water partition coefficient (Wildman–Crippen LogP) is 1.60. The number of hydrogen-bond donors (Lipinski definition) is 2. The van der Waals surface area contributed by atoms with E-state index in [1.165, 1.54) is 0 Å². The third-order valence-corrected chi connectivity index (χ3v) is 4.54. The molecule has 2 rings (SSSR count). The van der Waals surface area contributed by atoms with Crippen molar-refractivity contribution in [1.29, 1.82) is 0 Å². The number of rotatable bonds is 6. The molecule has 1 aliphatic rings. The second kappa shape index (κ2) is 8.06. The second-order valence-corrected chi connectivity index (χ2v) is 6.44. The predicted molar refractivity (Wildman–Crippen MR) is 89.4 cm³/mol. The van der Waals surface area contributed by atoms with Gasteiger partial charge in [-0.2, -0.15) is 0 Å². The van der Waals surface area contributed by atoms with Gasteiger partial charge in [0.2, 0.25) is 5.91 Å². The first-order chi connectivity index (χ1) is 11.0. The van der Waals surface area contributed by atoms with Gasteiger partial charge in [-0.3, -0.25) is 9.59 Å². The number of aromatic amines is 1. The van der Waals surface area contributed by atoms with Crippen LogP contribution in [0.3, 0.4) is 0 Å². The smallest absolute Gasteiger partial charge is 0.239 e. The van der Waals surface area contributed by atoms with Crippen molar-refractivity contribution in [3.63, 3.8) is 0 Å². The first kappa shape index (κ1) is 17.4. The van der Waals surface area contributed by atoms with Crippen LogP contribution in [0.25, 0.3) is 6.08 Å². The number of imidazole rings is 1. The van der Waals surface area contributed by atoms with Crippen LogP contribution >= 0.6 is 0 Å². The number of likely N-dealkylation sites (tertiary alicyclic amines) is 1. The molecule has 3 N–H and O–H groups in total. The molecule has 1 unspecified atom stereocenters. The van der Waals surface area contributed by atoms with Gasteiger partial charge in [0.15, 0.2) is 5.78 Å². The van der Waals surface area contributed by atoms with Crippen LogP contribution in [0, 0.1) is 11.8 Å². The third-order valence-electron chi connectivity index (χ3n) is 4.54. The number of carbonyl (C=O) groups excluding carboxylic acids is 2. The first-order valence-corrected chi connectivity index (χ1v) is 8.21. The molecule has 6 heteroatoms. The van der Waals surface area contributed by atoms with Crippen molar-refractivity contribution < 1.29 is 9.59 Å². The number of amides is 1. The maximum absolute atomic E-state index is 12.1. The maximum atomic E-state index is 12.1. The minimum atomic E-state index is -0.432. The zero-order valence-electron chi connectivity index (χ0n) is 13.9. The molecule has 6 nitrogen and oxygen atoms in total. The SMILES string of the molecule is CC(CC(=O)/C=C/c1cnc[nH]1)C1CCN(C(=O)[C@H](C)N)CC1. The number of ketones is 1. The lowest BCUT2D eigenvalue weighted by Gasteiger charge is -2.35. The molecular formula is C17H26N4O2. The van der Waals surface area contributed by atoms with E-state index in [2.05, 4.69) is 16.9 Å². The van der Waals surface area contributed by atoms with Crippen molar-refractivity contribution in [1.82, 2.24) is 14.9 Å². The van der Waals surface area contributed by atoms with Gasteiger partial charge < -0.3 is 15.6 Å². The van der Waals surface area contributed by atoms with Crippen molar-refractivity contribution >= 4 is 17.8 Å². The highest BCUT2D eigenvalue weighted by molar-refractivity contribution is 5.93. The summed E-state index contributed by atoms with van der Waals surface area (Å²) in [6.07, 6.45) is 9.05. The average molecular weight is 318 g/mol. The number of nitrogens with zero attached hydrogens (tertiary/aromatic N) is 2. The van der Waals surface area contributed by atoms with Crippen LogP contribution in [0.5, 0.6) is 0 Å². The Morgan fingerprint density at radius 2 is 2.13 bits per heavy atom. The number of nitrogens with one attached hydrogen (secondary N) is 1. The Morgan fingerprint density at radius 1 is 1.43 bits per heavy atom. The van der Waals surface area contributed by atoms with Gasteiger partial charge in [-0.05, 0) is 43.8 Å². The first-order valence-electron chi connectivity index (χ1n) is 8.21. The normalized spacial score (nSPS) is 19.0. The molecule has 1 saturated heterocycles. The fourth-order valence-electron chi connectivity index (χ4n) is 3.07. The number of carbonyl (C=O) groups is 2. The van der Waals surface area contributed by atoms with Gasteiger partial charge in [-0.15, -0.1) is 0 Å². The summed E-state index contributed by atoms with van der Waals surface area (Å²) >= 11 is 0. The molecule has 126 valence electrons. The minimum Gasteiger partial charge on any atom is -0.345 e. The van der Waals surface area contributed by atoms with Crippen LogP contribution < -0.4 is 5.73 Å². The molecule has 0 aliphatic carbocycles. The van der Waals surface area contributed by atoms with Gasteiger partial charge in [-0.25, -0.2) is 4.98 Å². The molecule has 0 bridgehead atoms. The Hall–Kier alpha value is -1.95. The topological polar surface area (TPSA) is 92.1 Å². The van der Waals surface area contributed by atoms with E-state index in [4.69, 9.17) is 5.73 Å². The molecular weight excluding hydrogens is 292 g/mol. The van der Waals surface area contributed by atoms with Crippen LogP contribution in [-0.4, -0.2) is 45.7 Å². The van der Waals surface area contributed by atoms with E-state index >= 15 is 0 Å². The van der Waals surface area contributed by atoms with E-state index in [1.807, 2.05) is 4.90 Å².